The Hall–Kier alpha value is -4.14. The number of methoxy groups -OCH3 is 2. The zero-order valence-corrected chi connectivity index (χ0v) is 17.9. The molecule has 0 saturated carbocycles. The van der Waals surface area contributed by atoms with E-state index in [9.17, 15) is 23.5 Å². The standard InChI is InChI=1S/C24H19F2NO6/c1-12-4-8-18(33-12)21-20(22(28)13-5-9-17(31-2)19(10-13)32-3)23(29)24(30)27(21)16-11-14(25)6-7-15(16)26/h4-11,21,28H,1-3H3/b22-20-. The summed E-state index contributed by atoms with van der Waals surface area (Å²) >= 11 is 0. The molecule has 1 aliphatic heterocycles. The molecule has 1 amide bonds. The van der Waals surface area contributed by atoms with Gasteiger partial charge in [-0.1, -0.05) is 0 Å². The summed E-state index contributed by atoms with van der Waals surface area (Å²) in [6, 6.07) is 8.72. The highest BCUT2D eigenvalue weighted by atomic mass is 19.1. The molecule has 4 rings (SSSR count). The lowest BCUT2D eigenvalue weighted by Crippen LogP contribution is -2.30. The lowest BCUT2D eigenvalue weighted by atomic mass is 9.99. The number of aliphatic hydroxyl groups is 1. The van der Waals surface area contributed by atoms with Gasteiger partial charge < -0.3 is 19.0 Å². The molecule has 0 aliphatic carbocycles. The molecule has 1 N–H and O–H groups in total. The number of Topliss-reactive ketones (excluding diaryl/α,β-unsaturated/α-hetero) is 1. The van der Waals surface area contributed by atoms with Crippen molar-refractivity contribution in [3.8, 4) is 11.5 Å². The number of hydrogen-bond donors (Lipinski definition) is 1. The highest BCUT2D eigenvalue weighted by Crippen LogP contribution is 2.44. The maximum atomic E-state index is 14.6. The molecule has 1 unspecified atom stereocenters. The Morgan fingerprint density at radius 2 is 1.73 bits per heavy atom. The Labute approximate surface area is 187 Å². The number of halogens is 2. The average molecular weight is 455 g/mol. The summed E-state index contributed by atoms with van der Waals surface area (Å²) in [6.45, 7) is 1.65. The van der Waals surface area contributed by atoms with Crippen molar-refractivity contribution in [2.24, 2.45) is 0 Å². The van der Waals surface area contributed by atoms with Crippen LogP contribution >= 0.6 is 0 Å². The van der Waals surface area contributed by atoms with Crippen LogP contribution in [0.3, 0.4) is 0 Å². The first kappa shape index (κ1) is 22.1. The highest BCUT2D eigenvalue weighted by molar-refractivity contribution is 6.51. The predicted octanol–water partition coefficient (Wildman–Crippen LogP) is 4.51. The van der Waals surface area contributed by atoms with Gasteiger partial charge in [0, 0.05) is 11.6 Å². The van der Waals surface area contributed by atoms with Crippen LogP contribution in [0.1, 0.15) is 23.1 Å². The number of anilines is 1. The van der Waals surface area contributed by atoms with Gasteiger partial charge in [-0.3, -0.25) is 14.5 Å². The quantitative estimate of drug-likeness (QED) is 0.346. The number of aliphatic hydroxyl groups excluding tert-OH is 1. The van der Waals surface area contributed by atoms with E-state index in [0.717, 1.165) is 23.1 Å². The third-order valence-corrected chi connectivity index (χ3v) is 5.30. The molecule has 2 aromatic carbocycles. The predicted molar refractivity (Wildman–Crippen MR) is 114 cm³/mol. The molecule has 2 heterocycles. The van der Waals surface area contributed by atoms with E-state index in [4.69, 9.17) is 13.9 Å². The van der Waals surface area contributed by atoms with E-state index in [2.05, 4.69) is 0 Å². The normalized spacial score (nSPS) is 17.5. The topological polar surface area (TPSA) is 89.2 Å². The Bertz CT molecular complexity index is 1300. The van der Waals surface area contributed by atoms with Crippen LogP contribution in [0.5, 0.6) is 11.5 Å². The number of furan rings is 1. The molecule has 1 saturated heterocycles. The molecular formula is C24H19F2NO6. The van der Waals surface area contributed by atoms with Gasteiger partial charge in [-0.25, -0.2) is 8.78 Å². The van der Waals surface area contributed by atoms with Gasteiger partial charge >= 0.3 is 0 Å². The van der Waals surface area contributed by atoms with Gasteiger partial charge in [0.1, 0.15) is 35.0 Å². The van der Waals surface area contributed by atoms with Crippen LogP contribution in [0.25, 0.3) is 5.76 Å². The second-order valence-corrected chi connectivity index (χ2v) is 7.28. The zero-order chi connectivity index (χ0) is 23.9. The monoisotopic (exact) mass is 455 g/mol. The summed E-state index contributed by atoms with van der Waals surface area (Å²) in [6.07, 6.45) is 0. The van der Waals surface area contributed by atoms with E-state index >= 15 is 0 Å². The fourth-order valence-electron chi connectivity index (χ4n) is 3.76. The summed E-state index contributed by atoms with van der Waals surface area (Å²) < 4.78 is 44.6. The highest BCUT2D eigenvalue weighted by Gasteiger charge is 2.49. The number of hydrogen-bond acceptors (Lipinski definition) is 6. The van der Waals surface area contributed by atoms with Gasteiger partial charge in [-0.15, -0.1) is 0 Å². The number of rotatable bonds is 5. The van der Waals surface area contributed by atoms with Crippen LogP contribution in [-0.2, 0) is 9.59 Å². The number of nitrogens with zero attached hydrogens (tertiary/aromatic N) is 1. The summed E-state index contributed by atoms with van der Waals surface area (Å²) in [5.74, 6) is -3.26. The molecule has 3 aromatic rings. The van der Waals surface area contributed by atoms with Crippen LogP contribution in [0.15, 0.2) is 58.5 Å². The third kappa shape index (κ3) is 3.71. The number of aryl methyl sites for hydroxylation is 1. The van der Waals surface area contributed by atoms with Crippen LogP contribution in [0.2, 0.25) is 0 Å². The molecule has 170 valence electrons. The van der Waals surface area contributed by atoms with Crippen LogP contribution in [-0.4, -0.2) is 31.0 Å². The minimum absolute atomic E-state index is 0.0948. The van der Waals surface area contributed by atoms with Crippen LogP contribution < -0.4 is 14.4 Å². The first-order chi connectivity index (χ1) is 15.8. The van der Waals surface area contributed by atoms with E-state index in [1.54, 1.807) is 13.0 Å². The second-order valence-electron chi connectivity index (χ2n) is 7.28. The fourth-order valence-corrected chi connectivity index (χ4v) is 3.76. The molecule has 1 atom stereocenters. The lowest BCUT2D eigenvalue weighted by Gasteiger charge is -2.24. The largest absolute Gasteiger partial charge is 0.507 e. The van der Waals surface area contributed by atoms with E-state index in [1.165, 1.54) is 38.5 Å². The van der Waals surface area contributed by atoms with Gasteiger partial charge in [0.15, 0.2) is 11.5 Å². The van der Waals surface area contributed by atoms with Gasteiger partial charge in [-0.05, 0) is 49.4 Å². The number of carbonyl (C=O) groups excluding carboxylic acids is 2. The molecule has 33 heavy (non-hydrogen) atoms. The van der Waals surface area contributed by atoms with Crippen molar-refractivity contribution in [3.63, 3.8) is 0 Å². The number of ether oxygens (including phenoxy) is 2. The van der Waals surface area contributed by atoms with E-state index in [0.29, 0.717) is 11.5 Å². The molecule has 0 radical (unpaired) electrons. The van der Waals surface area contributed by atoms with Crippen LogP contribution in [0, 0.1) is 18.6 Å². The number of ketones is 1. The van der Waals surface area contributed by atoms with Gasteiger partial charge in [0.05, 0.1) is 25.5 Å². The smallest absolute Gasteiger partial charge is 0.300 e. The first-order valence-corrected chi connectivity index (χ1v) is 9.81. The Morgan fingerprint density at radius 3 is 2.36 bits per heavy atom. The molecule has 1 fully saturated rings. The minimum atomic E-state index is -1.33. The summed E-state index contributed by atoms with van der Waals surface area (Å²) in [4.78, 5) is 26.8. The van der Waals surface area contributed by atoms with Gasteiger partial charge in [-0.2, -0.15) is 0 Å². The Morgan fingerprint density at radius 1 is 1.00 bits per heavy atom. The summed E-state index contributed by atoms with van der Waals surface area (Å²) in [5, 5.41) is 11.1. The molecule has 7 nitrogen and oxygen atoms in total. The SMILES string of the molecule is COc1ccc(/C(O)=C2/C(=O)C(=O)N(c3cc(F)ccc3F)C2c2ccc(C)o2)cc1OC. The van der Waals surface area contributed by atoms with Crippen molar-refractivity contribution in [1.82, 2.24) is 0 Å². The molecular weight excluding hydrogens is 436 g/mol. The zero-order valence-electron chi connectivity index (χ0n) is 17.9. The lowest BCUT2D eigenvalue weighted by molar-refractivity contribution is -0.132. The van der Waals surface area contributed by atoms with Crippen molar-refractivity contribution in [2.75, 3.05) is 19.1 Å². The third-order valence-electron chi connectivity index (χ3n) is 5.30. The second kappa shape index (κ2) is 8.42. The van der Waals surface area contributed by atoms with Crippen molar-refractivity contribution in [3.05, 3.63) is 82.8 Å². The minimum Gasteiger partial charge on any atom is -0.507 e. The molecule has 0 bridgehead atoms. The number of amides is 1. The molecule has 1 aromatic heterocycles. The van der Waals surface area contributed by atoms with Gasteiger partial charge in [0.25, 0.3) is 11.7 Å². The van der Waals surface area contributed by atoms with Crippen molar-refractivity contribution in [1.29, 1.82) is 0 Å². The summed E-state index contributed by atoms with van der Waals surface area (Å²) in [5.41, 5.74) is -0.647. The Balaban J connectivity index is 1.96. The van der Waals surface area contributed by atoms with E-state index < -0.39 is 40.8 Å². The average Bonchev–Trinajstić information content (AvgIpc) is 3.35. The summed E-state index contributed by atoms with van der Waals surface area (Å²) in [7, 11) is 2.84. The number of benzene rings is 2. The van der Waals surface area contributed by atoms with E-state index in [-0.39, 0.29) is 22.6 Å². The maximum Gasteiger partial charge on any atom is 0.300 e. The van der Waals surface area contributed by atoms with E-state index in [1.807, 2.05) is 0 Å². The van der Waals surface area contributed by atoms with Crippen molar-refractivity contribution >= 4 is 23.1 Å². The number of carbonyl (C=O) groups is 2. The molecule has 0 spiro atoms. The van der Waals surface area contributed by atoms with Crippen molar-refractivity contribution < 1.29 is 37.4 Å². The first-order valence-electron chi connectivity index (χ1n) is 9.81. The fraction of sp³-hybridized carbons (Fsp3) is 0.167. The van der Waals surface area contributed by atoms with Crippen LogP contribution in [0.4, 0.5) is 14.5 Å². The Kier molecular flexibility index (Phi) is 5.63. The van der Waals surface area contributed by atoms with Crippen molar-refractivity contribution in [2.45, 2.75) is 13.0 Å². The molecule has 1 aliphatic rings. The maximum absolute atomic E-state index is 14.6. The molecule has 9 heteroatoms. The van der Waals surface area contributed by atoms with Gasteiger partial charge in [0.2, 0.25) is 0 Å².